The third kappa shape index (κ3) is 2.53. The third-order valence-electron chi connectivity index (χ3n) is 4.04. The first kappa shape index (κ1) is 14.1. The lowest BCUT2D eigenvalue weighted by atomic mass is 10.0. The second kappa shape index (κ2) is 5.15. The van der Waals surface area contributed by atoms with Gasteiger partial charge in [0.2, 0.25) is 0 Å². The van der Waals surface area contributed by atoms with Gasteiger partial charge in [-0.1, -0.05) is 37.3 Å². The van der Waals surface area contributed by atoms with Crippen molar-refractivity contribution < 1.29 is 13.2 Å². The van der Waals surface area contributed by atoms with E-state index < -0.39 is 15.1 Å². The van der Waals surface area contributed by atoms with E-state index in [1.807, 2.05) is 36.4 Å². The van der Waals surface area contributed by atoms with Crippen molar-refractivity contribution >= 4 is 26.5 Å². The Balaban J connectivity index is 1.77. The molecule has 2 aromatic carbocycles. The third-order valence-corrected chi connectivity index (χ3v) is 6.16. The number of hydrogen-bond acceptors (Lipinski definition) is 3. The fraction of sp³-hybridized carbons (Fsp3) is 0.312. The summed E-state index contributed by atoms with van der Waals surface area (Å²) in [5.41, 5.74) is 0.612. The summed E-state index contributed by atoms with van der Waals surface area (Å²) < 4.78 is 23.4. The number of nitrogens with zero attached hydrogens (tertiary/aromatic N) is 1. The van der Waals surface area contributed by atoms with Gasteiger partial charge in [0.1, 0.15) is 0 Å². The molecule has 110 valence electrons. The molecule has 3 rings (SSSR count). The molecule has 1 saturated heterocycles. The molecular weight excluding hydrogens is 286 g/mol. The van der Waals surface area contributed by atoms with Crippen LogP contribution in [0.1, 0.15) is 17.3 Å². The van der Waals surface area contributed by atoms with Gasteiger partial charge in [-0.2, -0.15) is 0 Å². The Kier molecular flexibility index (Phi) is 3.45. The summed E-state index contributed by atoms with van der Waals surface area (Å²) in [4.78, 5) is 14.0. The Hall–Kier alpha value is -1.88. The normalized spacial score (nSPS) is 16.0. The maximum atomic E-state index is 12.4. The van der Waals surface area contributed by atoms with Gasteiger partial charge in [0, 0.05) is 24.4 Å². The van der Waals surface area contributed by atoms with E-state index in [2.05, 4.69) is 0 Å². The summed E-state index contributed by atoms with van der Waals surface area (Å²) in [7, 11) is -3.04. The first-order chi connectivity index (χ1) is 10.0. The molecule has 2 aromatic rings. The summed E-state index contributed by atoms with van der Waals surface area (Å²) in [6.07, 6.45) is 0. The van der Waals surface area contributed by atoms with E-state index in [9.17, 15) is 13.2 Å². The maximum Gasteiger partial charge on any atom is 0.253 e. The SMILES string of the molecule is CCS(=O)(=O)C1CN(C(=O)c2ccc3ccccc3c2)C1. The molecule has 1 aliphatic rings. The van der Waals surface area contributed by atoms with E-state index in [-0.39, 0.29) is 11.7 Å². The minimum atomic E-state index is -3.04. The average Bonchev–Trinajstić information content (AvgIpc) is 2.44. The van der Waals surface area contributed by atoms with Gasteiger partial charge in [0.05, 0.1) is 5.25 Å². The molecule has 0 aliphatic carbocycles. The van der Waals surface area contributed by atoms with E-state index in [1.54, 1.807) is 17.9 Å². The summed E-state index contributed by atoms with van der Waals surface area (Å²) >= 11 is 0. The Bertz CT molecular complexity index is 792. The van der Waals surface area contributed by atoms with E-state index >= 15 is 0 Å². The van der Waals surface area contributed by atoms with Crippen LogP contribution in [-0.2, 0) is 9.84 Å². The molecule has 0 saturated carbocycles. The van der Waals surface area contributed by atoms with Crippen LogP contribution in [0.3, 0.4) is 0 Å². The zero-order chi connectivity index (χ0) is 15.0. The van der Waals surface area contributed by atoms with Crippen LogP contribution in [0.4, 0.5) is 0 Å². The minimum Gasteiger partial charge on any atom is -0.336 e. The number of sulfone groups is 1. The van der Waals surface area contributed by atoms with E-state index in [0.29, 0.717) is 18.7 Å². The molecule has 1 heterocycles. The van der Waals surface area contributed by atoms with Crippen molar-refractivity contribution in [3.8, 4) is 0 Å². The molecule has 0 bridgehead atoms. The highest BCUT2D eigenvalue weighted by Crippen LogP contribution is 2.22. The highest BCUT2D eigenvalue weighted by Gasteiger charge is 2.38. The lowest BCUT2D eigenvalue weighted by Gasteiger charge is -2.38. The quantitative estimate of drug-likeness (QED) is 0.872. The number of benzene rings is 2. The van der Waals surface area contributed by atoms with Crippen molar-refractivity contribution in [1.82, 2.24) is 4.90 Å². The van der Waals surface area contributed by atoms with E-state index in [1.165, 1.54) is 0 Å². The fourth-order valence-electron chi connectivity index (χ4n) is 2.57. The molecule has 0 atom stereocenters. The molecule has 0 spiro atoms. The van der Waals surface area contributed by atoms with Gasteiger partial charge in [-0.25, -0.2) is 8.42 Å². The van der Waals surface area contributed by atoms with Crippen LogP contribution in [0.25, 0.3) is 10.8 Å². The summed E-state index contributed by atoms with van der Waals surface area (Å²) in [5.74, 6) is 0.0404. The topological polar surface area (TPSA) is 54.5 Å². The second-order valence-corrected chi connectivity index (χ2v) is 7.92. The molecule has 0 aromatic heterocycles. The maximum absolute atomic E-state index is 12.4. The van der Waals surface area contributed by atoms with Crippen LogP contribution in [0.15, 0.2) is 42.5 Å². The van der Waals surface area contributed by atoms with Gasteiger partial charge in [0.25, 0.3) is 5.91 Å². The van der Waals surface area contributed by atoms with E-state index in [4.69, 9.17) is 0 Å². The van der Waals surface area contributed by atoms with Crippen LogP contribution in [0, 0.1) is 0 Å². The lowest BCUT2D eigenvalue weighted by Crippen LogP contribution is -2.57. The Labute approximate surface area is 124 Å². The summed E-state index contributed by atoms with van der Waals surface area (Å²) in [6.45, 7) is 2.26. The molecule has 1 fully saturated rings. The van der Waals surface area contributed by atoms with Gasteiger partial charge in [-0.15, -0.1) is 0 Å². The number of hydrogen-bond donors (Lipinski definition) is 0. The standard InChI is InChI=1S/C16H17NO3S/c1-2-21(19,20)15-10-17(11-15)16(18)14-8-7-12-5-3-4-6-13(12)9-14/h3-9,15H,2,10-11H2,1H3. The van der Waals surface area contributed by atoms with Gasteiger partial charge in [-0.05, 0) is 22.9 Å². The molecule has 1 aliphatic heterocycles. The minimum absolute atomic E-state index is 0.0942. The molecule has 5 heteroatoms. The van der Waals surface area contributed by atoms with Crippen LogP contribution < -0.4 is 0 Å². The van der Waals surface area contributed by atoms with Gasteiger partial charge < -0.3 is 4.90 Å². The van der Waals surface area contributed by atoms with Gasteiger partial charge in [-0.3, -0.25) is 4.79 Å². The molecule has 0 unspecified atom stereocenters. The predicted molar refractivity (Wildman–Crippen MR) is 83.1 cm³/mol. The summed E-state index contributed by atoms with van der Waals surface area (Å²) in [6, 6.07) is 13.4. The van der Waals surface area contributed by atoms with Crippen molar-refractivity contribution in [2.24, 2.45) is 0 Å². The van der Waals surface area contributed by atoms with Crippen LogP contribution in [0.2, 0.25) is 0 Å². The first-order valence-electron chi connectivity index (χ1n) is 7.01. The van der Waals surface area contributed by atoms with Crippen molar-refractivity contribution in [1.29, 1.82) is 0 Å². The number of carbonyl (C=O) groups excluding carboxylic acids is 1. The van der Waals surface area contributed by atoms with Crippen molar-refractivity contribution in [3.63, 3.8) is 0 Å². The van der Waals surface area contributed by atoms with Crippen LogP contribution >= 0.6 is 0 Å². The molecule has 21 heavy (non-hydrogen) atoms. The fourth-order valence-corrected chi connectivity index (χ4v) is 3.86. The summed E-state index contributed by atoms with van der Waals surface area (Å²) in [5, 5.41) is 1.71. The monoisotopic (exact) mass is 303 g/mol. The highest BCUT2D eigenvalue weighted by atomic mass is 32.2. The lowest BCUT2D eigenvalue weighted by molar-refractivity contribution is 0.0659. The molecule has 4 nitrogen and oxygen atoms in total. The first-order valence-corrected chi connectivity index (χ1v) is 8.72. The molecule has 0 N–H and O–H groups in total. The van der Waals surface area contributed by atoms with Gasteiger partial charge >= 0.3 is 0 Å². The van der Waals surface area contributed by atoms with Crippen LogP contribution in [-0.4, -0.2) is 43.3 Å². The Morgan fingerprint density at radius 2 is 1.81 bits per heavy atom. The molecule has 0 radical (unpaired) electrons. The van der Waals surface area contributed by atoms with Crippen LogP contribution in [0.5, 0.6) is 0 Å². The van der Waals surface area contributed by atoms with Crippen molar-refractivity contribution in [2.45, 2.75) is 12.2 Å². The number of likely N-dealkylation sites (tertiary alicyclic amines) is 1. The zero-order valence-corrected chi connectivity index (χ0v) is 12.6. The second-order valence-electron chi connectivity index (χ2n) is 5.35. The number of carbonyl (C=O) groups is 1. The largest absolute Gasteiger partial charge is 0.336 e. The van der Waals surface area contributed by atoms with E-state index in [0.717, 1.165) is 10.8 Å². The zero-order valence-electron chi connectivity index (χ0n) is 11.8. The average molecular weight is 303 g/mol. The number of amides is 1. The number of rotatable bonds is 3. The van der Waals surface area contributed by atoms with Crippen molar-refractivity contribution in [2.75, 3.05) is 18.8 Å². The number of fused-ring (bicyclic) bond motifs is 1. The Morgan fingerprint density at radius 1 is 1.14 bits per heavy atom. The predicted octanol–water partition coefficient (Wildman–Crippen LogP) is 2.10. The Morgan fingerprint density at radius 3 is 2.48 bits per heavy atom. The molecular formula is C16H17NO3S. The molecule has 1 amide bonds. The van der Waals surface area contributed by atoms with Crippen molar-refractivity contribution in [3.05, 3.63) is 48.0 Å². The highest BCUT2D eigenvalue weighted by molar-refractivity contribution is 7.92. The van der Waals surface area contributed by atoms with Gasteiger partial charge in [0.15, 0.2) is 9.84 Å². The smallest absolute Gasteiger partial charge is 0.253 e.